The van der Waals surface area contributed by atoms with Crippen molar-refractivity contribution in [1.29, 1.82) is 0 Å². The molecule has 1 aromatic carbocycles. The molecule has 0 amide bonds. The van der Waals surface area contributed by atoms with Crippen LogP contribution in [0, 0.1) is 10.1 Å². The molecular weight excluding hydrogens is 334 g/mol. The predicted octanol–water partition coefficient (Wildman–Crippen LogP) is 3.92. The Labute approximate surface area is 130 Å². The van der Waals surface area contributed by atoms with Gasteiger partial charge in [-0.05, 0) is 34.8 Å². The lowest BCUT2D eigenvalue weighted by molar-refractivity contribution is -0.385. The number of anilines is 1. The summed E-state index contributed by atoms with van der Waals surface area (Å²) >= 11 is 3.43. The van der Waals surface area contributed by atoms with Crippen molar-refractivity contribution in [3.8, 4) is 0 Å². The second kappa shape index (κ2) is 5.81. The molecule has 2 aromatic rings. The molecule has 0 spiro atoms. The third-order valence-corrected chi connectivity index (χ3v) is 3.97. The van der Waals surface area contributed by atoms with E-state index in [1.807, 2.05) is 18.2 Å². The molecule has 1 aliphatic carbocycles. The van der Waals surface area contributed by atoms with Gasteiger partial charge in [-0.25, -0.2) is 0 Å². The van der Waals surface area contributed by atoms with Crippen LogP contribution in [0.2, 0.25) is 0 Å². The standard InChI is InChI=1S/C15H14BrN3O2/c16-12-7-14(9-17-8-12)18(13-5-6-13)10-11-3-1-2-4-15(11)19(20)21/h1-4,7-9,13H,5-6,10H2. The number of benzene rings is 1. The van der Waals surface area contributed by atoms with Crippen LogP contribution in [-0.2, 0) is 6.54 Å². The third kappa shape index (κ3) is 3.21. The van der Waals surface area contributed by atoms with Crippen molar-refractivity contribution < 1.29 is 4.92 Å². The third-order valence-electron chi connectivity index (χ3n) is 3.54. The zero-order valence-electron chi connectivity index (χ0n) is 11.3. The van der Waals surface area contributed by atoms with Gasteiger partial charge in [0, 0.05) is 28.3 Å². The van der Waals surface area contributed by atoms with Crippen molar-refractivity contribution in [2.45, 2.75) is 25.4 Å². The lowest BCUT2D eigenvalue weighted by Crippen LogP contribution is -2.25. The zero-order valence-corrected chi connectivity index (χ0v) is 12.9. The average molecular weight is 348 g/mol. The normalized spacial score (nSPS) is 14.0. The van der Waals surface area contributed by atoms with E-state index in [-0.39, 0.29) is 10.6 Å². The van der Waals surface area contributed by atoms with Crippen LogP contribution in [0.5, 0.6) is 0 Å². The lowest BCUT2D eigenvalue weighted by atomic mass is 10.1. The Balaban J connectivity index is 1.92. The Hall–Kier alpha value is -1.95. The maximum atomic E-state index is 11.1. The van der Waals surface area contributed by atoms with E-state index in [0.29, 0.717) is 12.6 Å². The van der Waals surface area contributed by atoms with Gasteiger partial charge in [-0.15, -0.1) is 0 Å². The first-order chi connectivity index (χ1) is 10.1. The summed E-state index contributed by atoms with van der Waals surface area (Å²) in [6, 6.07) is 9.36. The van der Waals surface area contributed by atoms with Crippen LogP contribution >= 0.6 is 15.9 Å². The molecular formula is C15H14BrN3O2. The minimum absolute atomic E-state index is 0.172. The number of hydrogen-bond donors (Lipinski definition) is 0. The van der Waals surface area contributed by atoms with Crippen LogP contribution in [0.1, 0.15) is 18.4 Å². The van der Waals surface area contributed by atoms with E-state index >= 15 is 0 Å². The maximum Gasteiger partial charge on any atom is 0.274 e. The monoisotopic (exact) mass is 347 g/mol. The van der Waals surface area contributed by atoms with E-state index in [2.05, 4.69) is 25.8 Å². The van der Waals surface area contributed by atoms with Crippen molar-refractivity contribution in [3.63, 3.8) is 0 Å². The summed E-state index contributed by atoms with van der Waals surface area (Å²) in [6.07, 6.45) is 5.78. The largest absolute Gasteiger partial charge is 0.363 e. The highest BCUT2D eigenvalue weighted by Gasteiger charge is 2.31. The van der Waals surface area contributed by atoms with Gasteiger partial charge in [-0.1, -0.05) is 18.2 Å². The Morgan fingerprint density at radius 3 is 2.76 bits per heavy atom. The summed E-state index contributed by atoms with van der Waals surface area (Å²) in [7, 11) is 0. The van der Waals surface area contributed by atoms with Crippen molar-refractivity contribution in [2.75, 3.05) is 4.90 Å². The van der Waals surface area contributed by atoms with Gasteiger partial charge in [0.05, 0.1) is 23.4 Å². The number of nitro benzene ring substituents is 1. The van der Waals surface area contributed by atoms with E-state index in [0.717, 1.165) is 28.6 Å². The van der Waals surface area contributed by atoms with E-state index in [9.17, 15) is 10.1 Å². The Kier molecular flexibility index (Phi) is 3.88. The Morgan fingerprint density at radius 1 is 1.33 bits per heavy atom. The number of halogens is 1. The Morgan fingerprint density at radius 2 is 2.10 bits per heavy atom. The van der Waals surface area contributed by atoms with E-state index in [1.165, 1.54) is 0 Å². The first-order valence-corrected chi connectivity index (χ1v) is 7.54. The molecule has 5 nitrogen and oxygen atoms in total. The molecule has 1 saturated carbocycles. The number of para-hydroxylation sites is 1. The fraction of sp³-hybridized carbons (Fsp3) is 0.267. The molecule has 1 aromatic heterocycles. The quantitative estimate of drug-likeness (QED) is 0.607. The molecule has 0 radical (unpaired) electrons. The van der Waals surface area contributed by atoms with Crippen molar-refractivity contribution in [1.82, 2.24) is 4.98 Å². The molecule has 0 bridgehead atoms. The van der Waals surface area contributed by atoms with Crippen LogP contribution in [0.4, 0.5) is 11.4 Å². The van der Waals surface area contributed by atoms with Gasteiger partial charge < -0.3 is 4.90 Å². The van der Waals surface area contributed by atoms with Crippen LogP contribution in [-0.4, -0.2) is 15.9 Å². The van der Waals surface area contributed by atoms with Gasteiger partial charge in [-0.3, -0.25) is 15.1 Å². The Bertz CT molecular complexity index is 673. The molecule has 0 aliphatic heterocycles. The van der Waals surface area contributed by atoms with Gasteiger partial charge >= 0.3 is 0 Å². The summed E-state index contributed by atoms with van der Waals surface area (Å²) in [5.74, 6) is 0. The number of nitrogens with zero attached hydrogens (tertiary/aromatic N) is 3. The highest BCUT2D eigenvalue weighted by molar-refractivity contribution is 9.10. The molecule has 0 unspecified atom stereocenters. The summed E-state index contributed by atoms with van der Waals surface area (Å²) in [5.41, 5.74) is 1.89. The minimum atomic E-state index is -0.320. The first-order valence-electron chi connectivity index (χ1n) is 6.74. The second-order valence-electron chi connectivity index (χ2n) is 5.11. The molecule has 1 aliphatic rings. The molecule has 0 atom stereocenters. The molecule has 0 saturated heterocycles. The lowest BCUT2D eigenvalue weighted by Gasteiger charge is -2.24. The van der Waals surface area contributed by atoms with Crippen LogP contribution in [0.3, 0.4) is 0 Å². The smallest absolute Gasteiger partial charge is 0.274 e. The predicted molar refractivity (Wildman–Crippen MR) is 84.2 cm³/mol. The van der Waals surface area contributed by atoms with Gasteiger partial charge in [0.25, 0.3) is 5.69 Å². The van der Waals surface area contributed by atoms with Crippen LogP contribution < -0.4 is 4.90 Å². The number of nitro groups is 1. The van der Waals surface area contributed by atoms with E-state index in [1.54, 1.807) is 24.5 Å². The number of hydrogen-bond acceptors (Lipinski definition) is 4. The van der Waals surface area contributed by atoms with Crippen LogP contribution in [0.25, 0.3) is 0 Å². The SMILES string of the molecule is O=[N+]([O-])c1ccccc1CN(c1cncc(Br)c1)C1CC1. The van der Waals surface area contributed by atoms with Crippen molar-refractivity contribution >= 4 is 27.3 Å². The molecule has 3 rings (SSSR count). The minimum Gasteiger partial charge on any atom is -0.363 e. The van der Waals surface area contributed by atoms with Crippen molar-refractivity contribution in [2.24, 2.45) is 0 Å². The number of rotatable bonds is 5. The zero-order chi connectivity index (χ0) is 14.8. The van der Waals surface area contributed by atoms with Gasteiger partial charge in [0.15, 0.2) is 0 Å². The fourth-order valence-corrected chi connectivity index (χ4v) is 2.73. The van der Waals surface area contributed by atoms with E-state index < -0.39 is 0 Å². The molecule has 21 heavy (non-hydrogen) atoms. The van der Waals surface area contributed by atoms with E-state index in [4.69, 9.17) is 0 Å². The highest BCUT2D eigenvalue weighted by atomic mass is 79.9. The average Bonchev–Trinajstić information content (AvgIpc) is 3.29. The maximum absolute atomic E-state index is 11.1. The summed E-state index contributed by atoms with van der Waals surface area (Å²) in [5, 5.41) is 11.1. The number of pyridine rings is 1. The second-order valence-corrected chi connectivity index (χ2v) is 6.02. The van der Waals surface area contributed by atoms with Gasteiger partial charge in [-0.2, -0.15) is 0 Å². The topological polar surface area (TPSA) is 59.3 Å². The summed E-state index contributed by atoms with van der Waals surface area (Å²) in [4.78, 5) is 17.2. The molecule has 108 valence electrons. The van der Waals surface area contributed by atoms with Crippen LogP contribution in [0.15, 0.2) is 47.2 Å². The van der Waals surface area contributed by atoms with Crippen molar-refractivity contribution in [3.05, 3.63) is 62.9 Å². The fourth-order valence-electron chi connectivity index (χ4n) is 2.38. The summed E-state index contributed by atoms with van der Waals surface area (Å²) < 4.78 is 0.910. The molecule has 6 heteroatoms. The molecule has 0 N–H and O–H groups in total. The van der Waals surface area contributed by atoms with Gasteiger partial charge in [0.1, 0.15) is 0 Å². The number of aromatic nitrogens is 1. The van der Waals surface area contributed by atoms with Gasteiger partial charge in [0.2, 0.25) is 0 Å². The first kappa shape index (κ1) is 14.0. The summed E-state index contributed by atoms with van der Waals surface area (Å²) in [6.45, 7) is 0.528. The molecule has 1 heterocycles. The molecule has 1 fully saturated rings. The highest BCUT2D eigenvalue weighted by Crippen LogP contribution is 2.34.